The minimum Gasteiger partial charge on any atom is -0.462 e. The molecule has 0 saturated heterocycles. The van der Waals surface area contributed by atoms with E-state index in [-0.39, 0.29) is 5.97 Å². The Morgan fingerprint density at radius 3 is 2.88 bits per heavy atom. The lowest BCUT2D eigenvalue weighted by atomic mass is 10.2. The Kier molecular flexibility index (Phi) is 3.19. The molecular formula is C12H14N2O2S. The molecule has 3 N–H and O–H groups in total. The summed E-state index contributed by atoms with van der Waals surface area (Å²) in [6.45, 7) is 2.18. The molecule has 0 amide bonds. The number of benzene rings is 1. The summed E-state index contributed by atoms with van der Waals surface area (Å²) in [7, 11) is 1.82. The van der Waals surface area contributed by atoms with Crippen molar-refractivity contribution < 1.29 is 9.53 Å². The largest absolute Gasteiger partial charge is 0.462 e. The van der Waals surface area contributed by atoms with Gasteiger partial charge in [0.2, 0.25) is 0 Å². The van der Waals surface area contributed by atoms with Crippen LogP contribution in [-0.4, -0.2) is 19.6 Å². The summed E-state index contributed by atoms with van der Waals surface area (Å²) < 4.78 is 5.99. The van der Waals surface area contributed by atoms with Crippen molar-refractivity contribution in [2.45, 2.75) is 6.92 Å². The highest BCUT2D eigenvalue weighted by Crippen LogP contribution is 2.32. The van der Waals surface area contributed by atoms with E-state index < -0.39 is 0 Å². The quantitative estimate of drug-likeness (QED) is 0.649. The van der Waals surface area contributed by atoms with Gasteiger partial charge in [-0.2, -0.15) is 0 Å². The Morgan fingerprint density at radius 1 is 1.47 bits per heavy atom. The van der Waals surface area contributed by atoms with Crippen LogP contribution in [0, 0.1) is 0 Å². The molecule has 0 spiro atoms. The van der Waals surface area contributed by atoms with E-state index in [4.69, 9.17) is 10.5 Å². The number of thiophene rings is 1. The average molecular weight is 250 g/mol. The standard InChI is InChI=1S/C12H14N2O2S/c1-3-16-12(15)11-5-7-4-8(13)9(14-2)6-10(7)17-11/h4-6,14H,3,13H2,1-2H3. The molecule has 0 radical (unpaired) electrons. The molecule has 0 unspecified atom stereocenters. The van der Waals surface area contributed by atoms with Crippen molar-refractivity contribution in [3.63, 3.8) is 0 Å². The first kappa shape index (κ1) is 11.7. The summed E-state index contributed by atoms with van der Waals surface area (Å²) in [5, 5.41) is 3.98. The Labute approximate surface area is 103 Å². The van der Waals surface area contributed by atoms with E-state index in [0.717, 1.165) is 15.8 Å². The zero-order valence-corrected chi connectivity index (χ0v) is 10.6. The maximum atomic E-state index is 11.6. The van der Waals surface area contributed by atoms with Gasteiger partial charge in [0.15, 0.2) is 0 Å². The molecule has 1 aromatic heterocycles. The minimum absolute atomic E-state index is 0.279. The van der Waals surface area contributed by atoms with Crippen LogP contribution in [-0.2, 0) is 4.74 Å². The minimum atomic E-state index is -0.279. The second-order valence-corrected chi connectivity index (χ2v) is 4.64. The van der Waals surface area contributed by atoms with E-state index >= 15 is 0 Å². The van der Waals surface area contributed by atoms with Crippen LogP contribution in [0.5, 0.6) is 0 Å². The Balaban J connectivity index is 2.47. The molecule has 0 bridgehead atoms. The van der Waals surface area contributed by atoms with Crippen molar-refractivity contribution in [3.05, 3.63) is 23.1 Å². The Morgan fingerprint density at radius 2 is 2.24 bits per heavy atom. The Bertz CT molecular complexity index is 563. The number of carbonyl (C=O) groups excluding carboxylic acids is 1. The van der Waals surface area contributed by atoms with E-state index in [2.05, 4.69) is 5.32 Å². The number of nitrogens with one attached hydrogen (secondary N) is 1. The molecule has 5 heteroatoms. The molecule has 0 saturated carbocycles. The fraction of sp³-hybridized carbons (Fsp3) is 0.250. The van der Waals surface area contributed by atoms with Gasteiger partial charge in [0.25, 0.3) is 0 Å². The lowest BCUT2D eigenvalue weighted by Crippen LogP contribution is -2.01. The molecule has 1 heterocycles. The van der Waals surface area contributed by atoms with Crippen molar-refractivity contribution >= 4 is 38.8 Å². The molecule has 2 rings (SSSR count). The summed E-state index contributed by atoms with van der Waals surface area (Å²) in [4.78, 5) is 12.2. The van der Waals surface area contributed by atoms with E-state index in [1.807, 2.05) is 25.2 Å². The highest BCUT2D eigenvalue weighted by atomic mass is 32.1. The smallest absolute Gasteiger partial charge is 0.348 e. The number of anilines is 2. The fourth-order valence-corrected chi connectivity index (χ4v) is 2.60. The zero-order valence-electron chi connectivity index (χ0n) is 9.74. The molecular weight excluding hydrogens is 236 g/mol. The van der Waals surface area contributed by atoms with Crippen molar-refractivity contribution in [2.24, 2.45) is 0 Å². The molecule has 0 aliphatic rings. The van der Waals surface area contributed by atoms with Crippen molar-refractivity contribution in [2.75, 3.05) is 24.7 Å². The van der Waals surface area contributed by atoms with Gasteiger partial charge in [-0.05, 0) is 30.5 Å². The molecule has 17 heavy (non-hydrogen) atoms. The predicted molar refractivity (Wildman–Crippen MR) is 71.7 cm³/mol. The predicted octanol–water partition coefficient (Wildman–Crippen LogP) is 2.70. The number of rotatable bonds is 3. The third-order valence-electron chi connectivity index (χ3n) is 2.43. The monoisotopic (exact) mass is 250 g/mol. The van der Waals surface area contributed by atoms with Gasteiger partial charge in [0.05, 0.1) is 18.0 Å². The van der Waals surface area contributed by atoms with Gasteiger partial charge in [-0.25, -0.2) is 4.79 Å². The van der Waals surface area contributed by atoms with Crippen molar-refractivity contribution in [3.8, 4) is 0 Å². The number of ether oxygens (including phenoxy) is 1. The normalized spacial score (nSPS) is 10.5. The van der Waals surface area contributed by atoms with Crippen LogP contribution in [0.25, 0.3) is 10.1 Å². The van der Waals surface area contributed by atoms with Gasteiger partial charge in [-0.3, -0.25) is 0 Å². The third-order valence-corrected chi connectivity index (χ3v) is 3.51. The van der Waals surface area contributed by atoms with Gasteiger partial charge in [-0.15, -0.1) is 11.3 Å². The number of fused-ring (bicyclic) bond motifs is 1. The van der Waals surface area contributed by atoms with Crippen molar-refractivity contribution in [1.82, 2.24) is 0 Å². The average Bonchev–Trinajstić information content (AvgIpc) is 2.71. The third kappa shape index (κ3) is 2.19. The summed E-state index contributed by atoms with van der Waals surface area (Å²) in [5.41, 5.74) is 7.41. The zero-order chi connectivity index (χ0) is 12.4. The van der Waals surface area contributed by atoms with Gasteiger partial charge < -0.3 is 15.8 Å². The molecule has 0 aliphatic carbocycles. The van der Waals surface area contributed by atoms with Crippen LogP contribution < -0.4 is 11.1 Å². The van der Waals surface area contributed by atoms with E-state index in [1.54, 1.807) is 6.92 Å². The van der Waals surface area contributed by atoms with Gasteiger partial charge in [0.1, 0.15) is 4.88 Å². The van der Waals surface area contributed by atoms with E-state index in [1.165, 1.54) is 11.3 Å². The summed E-state index contributed by atoms with van der Waals surface area (Å²) >= 11 is 1.41. The number of esters is 1. The fourth-order valence-electron chi connectivity index (χ4n) is 1.62. The first-order chi connectivity index (χ1) is 8.15. The number of nitrogen functional groups attached to an aromatic ring is 1. The van der Waals surface area contributed by atoms with Crippen LogP contribution in [0.1, 0.15) is 16.6 Å². The molecule has 0 fully saturated rings. The second kappa shape index (κ2) is 4.63. The number of hydrogen-bond acceptors (Lipinski definition) is 5. The molecule has 2 aromatic rings. The lowest BCUT2D eigenvalue weighted by Gasteiger charge is -2.03. The summed E-state index contributed by atoms with van der Waals surface area (Å²) in [6, 6.07) is 5.62. The maximum Gasteiger partial charge on any atom is 0.348 e. The maximum absolute atomic E-state index is 11.6. The van der Waals surface area contributed by atoms with Gasteiger partial charge in [0, 0.05) is 11.7 Å². The number of hydrogen-bond donors (Lipinski definition) is 2. The topological polar surface area (TPSA) is 64.3 Å². The van der Waals surface area contributed by atoms with Crippen LogP contribution >= 0.6 is 11.3 Å². The summed E-state index contributed by atoms with van der Waals surface area (Å²) in [6.07, 6.45) is 0. The molecule has 0 atom stereocenters. The van der Waals surface area contributed by atoms with E-state index in [9.17, 15) is 4.79 Å². The van der Waals surface area contributed by atoms with Crippen LogP contribution in [0.2, 0.25) is 0 Å². The van der Waals surface area contributed by atoms with E-state index in [0.29, 0.717) is 17.2 Å². The highest BCUT2D eigenvalue weighted by molar-refractivity contribution is 7.20. The SMILES string of the molecule is CCOC(=O)c1cc2cc(N)c(NC)cc2s1. The first-order valence-electron chi connectivity index (χ1n) is 5.33. The molecule has 1 aromatic carbocycles. The number of carbonyl (C=O) groups is 1. The van der Waals surface area contributed by atoms with Crippen LogP contribution in [0.15, 0.2) is 18.2 Å². The van der Waals surface area contributed by atoms with Gasteiger partial charge in [-0.1, -0.05) is 0 Å². The lowest BCUT2D eigenvalue weighted by molar-refractivity contribution is 0.0532. The molecule has 90 valence electrons. The second-order valence-electron chi connectivity index (χ2n) is 3.56. The first-order valence-corrected chi connectivity index (χ1v) is 6.15. The van der Waals surface area contributed by atoms with Crippen LogP contribution in [0.3, 0.4) is 0 Å². The van der Waals surface area contributed by atoms with Crippen molar-refractivity contribution in [1.29, 1.82) is 0 Å². The summed E-state index contributed by atoms with van der Waals surface area (Å²) in [5.74, 6) is -0.279. The van der Waals surface area contributed by atoms with Gasteiger partial charge >= 0.3 is 5.97 Å². The molecule has 0 aliphatic heterocycles. The Hall–Kier alpha value is -1.75. The number of nitrogens with two attached hydrogens (primary N) is 1. The highest BCUT2D eigenvalue weighted by Gasteiger charge is 2.12. The van der Waals surface area contributed by atoms with Crippen LogP contribution in [0.4, 0.5) is 11.4 Å². The molecule has 4 nitrogen and oxygen atoms in total.